The van der Waals surface area contributed by atoms with Gasteiger partial charge in [0.15, 0.2) is 5.96 Å². The monoisotopic (exact) mass is 484 g/mol. The van der Waals surface area contributed by atoms with Crippen LogP contribution >= 0.6 is 24.0 Å². The first kappa shape index (κ1) is 20.4. The maximum absolute atomic E-state index is 12.6. The van der Waals surface area contributed by atoms with E-state index >= 15 is 0 Å². The quantitative estimate of drug-likeness (QED) is 0.199. The summed E-state index contributed by atoms with van der Waals surface area (Å²) >= 11 is 0. The van der Waals surface area contributed by atoms with E-state index in [2.05, 4.69) is 33.9 Å². The molecule has 0 aromatic heterocycles. The molecule has 2 amide bonds. The summed E-state index contributed by atoms with van der Waals surface area (Å²) in [4.78, 5) is 31.0. The van der Waals surface area contributed by atoms with E-state index in [4.69, 9.17) is 0 Å². The van der Waals surface area contributed by atoms with Crippen molar-refractivity contribution in [2.75, 3.05) is 26.7 Å². The average Bonchev–Trinajstić information content (AvgIpc) is 3.41. The summed E-state index contributed by atoms with van der Waals surface area (Å²) in [5.41, 5.74) is 1.52. The molecule has 7 heteroatoms. The van der Waals surface area contributed by atoms with Gasteiger partial charge in [-0.15, -0.1) is 24.0 Å². The third-order valence-corrected chi connectivity index (χ3v) is 6.29. The Hall–Kier alpha value is -1.38. The number of hydrogen-bond acceptors (Lipinski definition) is 3. The van der Waals surface area contributed by atoms with Gasteiger partial charge in [-0.3, -0.25) is 19.5 Å². The summed E-state index contributed by atoms with van der Waals surface area (Å²) in [6.07, 6.45) is 12.3. The van der Waals surface area contributed by atoms with Crippen molar-refractivity contribution >= 4 is 41.8 Å². The van der Waals surface area contributed by atoms with Crippen LogP contribution in [-0.4, -0.2) is 49.4 Å². The van der Waals surface area contributed by atoms with Gasteiger partial charge >= 0.3 is 0 Å². The molecule has 0 aromatic carbocycles. The Morgan fingerprint density at radius 2 is 1.81 bits per heavy atom. The number of aliphatic imine (C=N–C) groups is 1. The number of halogens is 1. The fraction of sp³-hybridized carbons (Fsp3) is 0.650. The van der Waals surface area contributed by atoms with Crippen LogP contribution in [0.25, 0.3) is 0 Å². The largest absolute Gasteiger partial charge is 0.356 e. The zero-order valence-corrected chi connectivity index (χ0v) is 18.1. The number of carbonyl (C=O) groups excluding carboxylic acids is 2. The van der Waals surface area contributed by atoms with Crippen LogP contribution in [0.2, 0.25) is 0 Å². The number of guanidine groups is 1. The Morgan fingerprint density at radius 3 is 2.41 bits per heavy atom. The summed E-state index contributed by atoms with van der Waals surface area (Å²) in [7, 11) is 1.74. The van der Waals surface area contributed by atoms with Crippen LogP contribution in [0.5, 0.6) is 0 Å². The van der Waals surface area contributed by atoms with Crippen LogP contribution in [0.1, 0.15) is 32.1 Å². The number of nitrogens with one attached hydrogen (secondary N) is 2. The third-order valence-electron chi connectivity index (χ3n) is 6.29. The van der Waals surface area contributed by atoms with Crippen molar-refractivity contribution in [2.45, 2.75) is 32.1 Å². The molecule has 6 nitrogen and oxygen atoms in total. The number of fused-ring (bicyclic) bond motifs is 5. The molecule has 1 heterocycles. The molecule has 2 fully saturated rings. The molecule has 4 atom stereocenters. The van der Waals surface area contributed by atoms with Crippen LogP contribution in [0, 0.1) is 23.7 Å². The van der Waals surface area contributed by atoms with E-state index in [1.54, 1.807) is 7.05 Å². The van der Waals surface area contributed by atoms with Gasteiger partial charge in [-0.25, -0.2) is 0 Å². The second kappa shape index (κ2) is 8.75. The number of likely N-dealkylation sites (tertiary alicyclic amines) is 1. The molecular weight excluding hydrogens is 455 g/mol. The maximum atomic E-state index is 12.6. The molecule has 2 N–H and O–H groups in total. The number of imide groups is 1. The van der Waals surface area contributed by atoms with Crippen LogP contribution in [0.3, 0.4) is 0 Å². The van der Waals surface area contributed by atoms with E-state index in [0.717, 1.165) is 25.3 Å². The molecule has 0 spiro atoms. The summed E-state index contributed by atoms with van der Waals surface area (Å²) in [5, 5.41) is 6.53. The van der Waals surface area contributed by atoms with Crippen molar-refractivity contribution in [3.05, 3.63) is 23.8 Å². The van der Waals surface area contributed by atoms with Crippen LogP contribution in [-0.2, 0) is 9.59 Å². The highest BCUT2D eigenvalue weighted by Crippen LogP contribution is 2.52. The fourth-order valence-corrected chi connectivity index (χ4v) is 5.00. The molecule has 4 aliphatic rings. The van der Waals surface area contributed by atoms with E-state index in [0.29, 0.717) is 13.1 Å². The van der Waals surface area contributed by atoms with Gasteiger partial charge in [-0.05, 0) is 43.9 Å². The third kappa shape index (κ3) is 3.93. The first-order valence-electron chi connectivity index (χ1n) is 9.85. The lowest BCUT2D eigenvalue weighted by molar-refractivity contribution is -0.140. The highest BCUT2D eigenvalue weighted by molar-refractivity contribution is 14.0. The zero-order chi connectivity index (χ0) is 18.1. The van der Waals surface area contributed by atoms with Crippen molar-refractivity contribution in [1.82, 2.24) is 15.5 Å². The van der Waals surface area contributed by atoms with Gasteiger partial charge in [0.2, 0.25) is 11.8 Å². The molecule has 1 aliphatic heterocycles. The second-order valence-corrected chi connectivity index (χ2v) is 7.76. The minimum atomic E-state index is -0.102. The normalized spacial score (nSPS) is 31.2. The SMILES string of the molecule is CN=C(NCCC1=CCCC1)NCCN1C(=O)C2C3C=CC(C3)C2C1=O.I. The van der Waals surface area contributed by atoms with Crippen molar-refractivity contribution in [3.8, 4) is 0 Å². The molecular formula is C20H29IN4O2. The van der Waals surface area contributed by atoms with E-state index in [-0.39, 0.29) is 59.5 Å². The second-order valence-electron chi connectivity index (χ2n) is 7.76. The molecule has 0 radical (unpaired) electrons. The number of allylic oxidation sites excluding steroid dienone is 3. The standard InChI is InChI=1S/C20H28N4O2.HI/c1-21-20(22-9-8-13-4-2-3-5-13)23-10-11-24-18(25)16-14-6-7-15(12-14)17(16)19(24)26;/h4,6-7,14-17H,2-3,5,8-12H2,1H3,(H2,21,22,23);1H. The van der Waals surface area contributed by atoms with Crippen molar-refractivity contribution in [1.29, 1.82) is 0 Å². The van der Waals surface area contributed by atoms with Gasteiger partial charge in [0.05, 0.1) is 11.8 Å². The number of hydrogen-bond donors (Lipinski definition) is 2. The summed E-state index contributed by atoms with van der Waals surface area (Å²) in [6.45, 7) is 1.80. The van der Waals surface area contributed by atoms with Gasteiger partial charge in [-0.1, -0.05) is 23.8 Å². The highest BCUT2D eigenvalue weighted by atomic mass is 127. The zero-order valence-electron chi connectivity index (χ0n) is 15.8. The topological polar surface area (TPSA) is 73.8 Å². The predicted molar refractivity (Wildman–Crippen MR) is 116 cm³/mol. The predicted octanol–water partition coefficient (Wildman–Crippen LogP) is 2.08. The van der Waals surface area contributed by atoms with Gasteiger partial charge in [0.25, 0.3) is 0 Å². The molecule has 1 saturated heterocycles. The molecule has 4 unspecified atom stereocenters. The molecule has 4 rings (SSSR count). The summed E-state index contributed by atoms with van der Waals surface area (Å²) in [5.74, 6) is 1.12. The van der Waals surface area contributed by atoms with E-state index in [1.165, 1.54) is 29.7 Å². The molecule has 148 valence electrons. The van der Waals surface area contributed by atoms with E-state index in [1.807, 2.05) is 0 Å². The molecule has 0 aromatic rings. The minimum absolute atomic E-state index is 0. The lowest BCUT2D eigenvalue weighted by Crippen LogP contribution is -2.43. The van der Waals surface area contributed by atoms with Crippen molar-refractivity contribution in [2.24, 2.45) is 28.7 Å². The first-order valence-corrected chi connectivity index (χ1v) is 9.85. The summed E-state index contributed by atoms with van der Waals surface area (Å²) in [6, 6.07) is 0. The maximum Gasteiger partial charge on any atom is 0.233 e. The van der Waals surface area contributed by atoms with Gasteiger partial charge in [0.1, 0.15) is 0 Å². The molecule has 27 heavy (non-hydrogen) atoms. The van der Waals surface area contributed by atoms with Gasteiger partial charge in [0, 0.05) is 26.7 Å². The van der Waals surface area contributed by atoms with E-state index < -0.39 is 0 Å². The summed E-state index contributed by atoms with van der Waals surface area (Å²) < 4.78 is 0. The molecule has 3 aliphatic carbocycles. The lowest BCUT2D eigenvalue weighted by atomic mass is 9.85. The minimum Gasteiger partial charge on any atom is -0.356 e. The average molecular weight is 484 g/mol. The van der Waals surface area contributed by atoms with Crippen molar-refractivity contribution in [3.63, 3.8) is 0 Å². The van der Waals surface area contributed by atoms with Crippen LogP contribution in [0.4, 0.5) is 0 Å². The fourth-order valence-electron chi connectivity index (χ4n) is 5.00. The molecule has 2 bridgehead atoms. The Labute approximate surface area is 177 Å². The van der Waals surface area contributed by atoms with Gasteiger partial charge in [-0.2, -0.15) is 0 Å². The number of rotatable bonds is 6. The molecule has 1 saturated carbocycles. The first-order chi connectivity index (χ1) is 12.7. The van der Waals surface area contributed by atoms with Gasteiger partial charge < -0.3 is 10.6 Å². The van der Waals surface area contributed by atoms with Crippen LogP contribution < -0.4 is 10.6 Å². The Morgan fingerprint density at radius 1 is 1.15 bits per heavy atom. The Balaban J connectivity index is 0.00000210. The lowest BCUT2D eigenvalue weighted by Gasteiger charge is -2.18. The van der Waals surface area contributed by atoms with E-state index in [9.17, 15) is 9.59 Å². The highest BCUT2D eigenvalue weighted by Gasteiger charge is 2.58. The Kier molecular flexibility index (Phi) is 6.60. The number of carbonyl (C=O) groups is 2. The smallest absolute Gasteiger partial charge is 0.233 e. The number of nitrogens with zero attached hydrogens (tertiary/aromatic N) is 2. The number of amides is 2. The Bertz CT molecular complexity index is 657. The van der Waals surface area contributed by atoms with Crippen molar-refractivity contribution < 1.29 is 9.59 Å². The van der Waals surface area contributed by atoms with Crippen LogP contribution in [0.15, 0.2) is 28.8 Å².